The zero-order valence-corrected chi connectivity index (χ0v) is 16.3. The molecule has 2 aromatic heterocycles. The highest BCUT2D eigenvalue weighted by Gasteiger charge is 2.18. The van der Waals surface area contributed by atoms with Gasteiger partial charge in [0.2, 0.25) is 10.0 Å². The van der Waals surface area contributed by atoms with Gasteiger partial charge in [-0.15, -0.1) is 0 Å². The van der Waals surface area contributed by atoms with Crippen LogP contribution >= 0.6 is 0 Å². The second-order valence-electron chi connectivity index (χ2n) is 6.29. The third-order valence-corrected chi connectivity index (χ3v) is 5.62. The molecule has 148 valence electrons. The molecule has 0 spiro atoms. The maximum Gasteiger partial charge on any atom is 0.251 e. The number of rotatable bonds is 9. The van der Waals surface area contributed by atoms with E-state index in [1.54, 1.807) is 37.6 Å². The van der Waals surface area contributed by atoms with E-state index in [0.29, 0.717) is 23.4 Å². The molecule has 0 saturated heterocycles. The van der Waals surface area contributed by atoms with E-state index in [1.165, 1.54) is 18.4 Å². The van der Waals surface area contributed by atoms with Crippen LogP contribution in [-0.2, 0) is 23.1 Å². The number of furan rings is 1. The van der Waals surface area contributed by atoms with Gasteiger partial charge in [-0.1, -0.05) is 6.07 Å². The van der Waals surface area contributed by atoms with Crippen molar-refractivity contribution in [2.75, 3.05) is 6.54 Å². The van der Waals surface area contributed by atoms with Gasteiger partial charge in [-0.3, -0.25) is 4.79 Å². The molecule has 0 aliphatic heterocycles. The van der Waals surface area contributed by atoms with Crippen LogP contribution in [0.3, 0.4) is 0 Å². The highest BCUT2D eigenvalue weighted by molar-refractivity contribution is 7.89. The molecule has 0 fully saturated rings. The molecule has 1 amide bonds. The summed E-state index contributed by atoms with van der Waals surface area (Å²) in [5, 5.41) is 2.83. The van der Waals surface area contributed by atoms with E-state index < -0.39 is 10.0 Å². The minimum absolute atomic E-state index is 0.0354. The third kappa shape index (κ3) is 5.08. The lowest BCUT2D eigenvalue weighted by atomic mass is 10.1. The van der Waals surface area contributed by atoms with Crippen LogP contribution in [0.15, 0.2) is 64.6 Å². The number of amides is 1. The summed E-state index contributed by atoms with van der Waals surface area (Å²) in [4.78, 5) is 16.5. The van der Waals surface area contributed by atoms with Crippen molar-refractivity contribution in [1.82, 2.24) is 19.6 Å². The van der Waals surface area contributed by atoms with E-state index >= 15 is 0 Å². The predicted molar refractivity (Wildman–Crippen MR) is 103 cm³/mol. The Labute approximate surface area is 163 Å². The number of imidazole rings is 1. The van der Waals surface area contributed by atoms with Gasteiger partial charge in [0.25, 0.3) is 5.91 Å². The zero-order valence-electron chi connectivity index (χ0n) is 15.5. The van der Waals surface area contributed by atoms with Crippen LogP contribution in [-0.4, -0.2) is 30.4 Å². The summed E-state index contributed by atoms with van der Waals surface area (Å²) < 4.78 is 34.6. The zero-order chi connectivity index (χ0) is 20.0. The molecule has 0 bridgehead atoms. The summed E-state index contributed by atoms with van der Waals surface area (Å²) in [5.41, 5.74) is 1.04. The van der Waals surface area contributed by atoms with Crippen molar-refractivity contribution in [2.24, 2.45) is 0 Å². The Morgan fingerprint density at radius 2 is 2.14 bits per heavy atom. The van der Waals surface area contributed by atoms with Gasteiger partial charge in [0.15, 0.2) is 0 Å². The van der Waals surface area contributed by atoms with Gasteiger partial charge in [-0.05, 0) is 43.2 Å². The number of aromatic nitrogens is 2. The van der Waals surface area contributed by atoms with Gasteiger partial charge in [0.1, 0.15) is 5.76 Å². The van der Waals surface area contributed by atoms with E-state index in [-0.39, 0.29) is 17.3 Å². The van der Waals surface area contributed by atoms with Crippen LogP contribution in [0.2, 0.25) is 0 Å². The van der Waals surface area contributed by atoms with E-state index in [0.717, 1.165) is 13.0 Å². The number of carbonyl (C=O) groups excluding carboxylic acids is 1. The molecule has 2 N–H and O–H groups in total. The van der Waals surface area contributed by atoms with E-state index in [1.807, 2.05) is 10.8 Å². The molecule has 28 heavy (non-hydrogen) atoms. The molecule has 8 nitrogen and oxygen atoms in total. The summed E-state index contributed by atoms with van der Waals surface area (Å²) >= 11 is 0. The molecular formula is C19H22N4O4S. The molecule has 0 radical (unpaired) electrons. The normalized spacial score (nSPS) is 11.5. The first kappa shape index (κ1) is 19.8. The highest BCUT2D eigenvalue weighted by atomic mass is 32.2. The maximum absolute atomic E-state index is 12.5. The summed E-state index contributed by atoms with van der Waals surface area (Å²) in [6.07, 6.45) is 7.49. The Kier molecular flexibility index (Phi) is 6.27. The number of carbonyl (C=O) groups is 1. The molecule has 0 saturated carbocycles. The van der Waals surface area contributed by atoms with Gasteiger partial charge in [-0.25, -0.2) is 18.1 Å². The second kappa shape index (κ2) is 8.85. The standard InChI is InChI=1S/C19H22N4O4S/c1-15-5-6-17(28(25,26)22-13-16-4-2-11-27-16)12-18(15)19(24)21-7-3-9-23-10-8-20-14-23/h2,4-6,8,10-12,14,22H,3,7,9,13H2,1H3,(H,21,24). The summed E-state index contributed by atoms with van der Waals surface area (Å²) in [5.74, 6) is 0.206. The lowest BCUT2D eigenvalue weighted by Crippen LogP contribution is -2.27. The van der Waals surface area contributed by atoms with Crippen molar-refractivity contribution in [2.45, 2.75) is 31.3 Å². The Hall–Kier alpha value is -2.91. The fourth-order valence-corrected chi connectivity index (χ4v) is 3.67. The fourth-order valence-electron chi connectivity index (χ4n) is 2.65. The molecule has 0 unspecified atom stereocenters. The smallest absolute Gasteiger partial charge is 0.251 e. The Bertz CT molecular complexity index is 1010. The molecule has 3 rings (SSSR count). The van der Waals surface area contributed by atoms with E-state index in [9.17, 15) is 13.2 Å². The number of hydrogen-bond donors (Lipinski definition) is 2. The highest BCUT2D eigenvalue weighted by Crippen LogP contribution is 2.16. The van der Waals surface area contributed by atoms with Crippen LogP contribution < -0.4 is 10.0 Å². The largest absolute Gasteiger partial charge is 0.468 e. The SMILES string of the molecule is Cc1ccc(S(=O)(=O)NCc2ccco2)cc1C(=O)NCCCn1ccnc1. The number of benzene rings is 1. The van der Waals surface area contributed by atoms with Crippen LogP contribution in [0.1, 0.15) is 28.1 Å². The molecular weight excluding hydrogens is 380 g/mol. The van der Waals surface area contributed by atoms with Crippen LogP contribution in [0, 0.1) is 6.92 Å². The first-order chi connectivity index (χ1) is 13.5. The Balaban J connectivity index is 1.62. The van der Waals surface area contributed by atoms with Crippen LogP contribution in [0.5, 0.6) is 0 Å². The number of hydrogen-bond acceptors (Lipinski definition) is 5. The lowest BCUT2D eigenvalue weighted by Gasteiger charge is -2.11. The maximum atomic E-state index is 12.5. The number of nitrogens with one attached hydrogen (secondary N) is 2. The van der Waals surface area contributed by atoms with Gasteiger partial charge < -0.3 is 14.3 Å². The van der Waals surface area contributed by atoms with E-state index in [2.05, 4.69) is 15.0 Å². The summed E-state index contributed by atoms with van der Waals surface area (Å²) in [6.45, 7) is 3.03. The lowest BCUT2D eigenvalue weighted by molar-refractivity contribution is 0.0952. The summed E-state index contributed by atoms with van der Waals surface area (Å²) in [6, 6.07) is 7.87. The van der Waals surface area contributed by atoms with Crippen molar-refractivity contribution in [3.63, 3.8) is 0 Å². The van der Waals surface area contributed by atoms with Gasteiger partial charge in [0.05, 0.1) is 24.0 Å². The molecule has 3 aromatic rings. The van der Waals surface area contributed by atoms with Crippen molar-refractivity contribution >= 4 is 15.9 Å². The predicted octanol–water partition coefficient (Wildman–Crippen LogP) is 2.08. The van der Waals surface area contributed by atoms with E-state index in [4.69, 9.17) is 4.42 Å². The van der Waals surface area contributed by atoms with Gasteiger partial charge in [0, 0.05) is 31.0 Å². The quantitative estimate of drug-likeness (QED) is 0.533. The van der Waals surface area contributed by atoms with Crippen LogP contribution in [0.4, 0.5) is 0 Å². The fraction of sp³-hybridized carbons (Fsp3) is 0.263. The molecule has 0 atom stereocenters. The molecule has 1 aromatic carbocycles. The number of nitrogens with zero attached hydrogens (tertiary/aromatic N) is 2. The first-order valence-corrected chi connectivity index (χ1v) is 10.3. The minimum atomic E-state index is -3.76. The Morgan fingerprint density at radius 3 is 2.86 bits per heavy atom. The first-order valence-electron chi connectivity index (χ1n) is 8.82. The van der Waals surface area contributed by atoms with Crippen molar-refractivity contribution in [1.29, 1.82) is 0 Å². The number of sulfonamides is 1. The summed E-state index contributed by atoms with van der Waals surface area (Å²) in [7, 11) is -3.76. The Morgan fingerprint density at radius 1 is 1.29 bits per heavy atom. The van der Waals surface area contributed by atoms with Crippen LogP contribution in [0.25, 0.3) is 0 Å². The molecule has 9 heteroatoms. The average Bonchev–Trinajstić information content (AvgIpc) is 3.37. The third-order valence-electron chi connectivity index (χ3n) is 4.22. The second-order valence-corrected chi connectivity index (χ2v) is 8.06. The topological polar surface area (TPSA) is 106 Å². The molecule has 0 aliphatic carbocycles. The molecule has 2 heterocycles. The van der Waals surface area contributed by atoms with Gasteiger partial charge in [-0.2, -0.15) is 0 Å². The minimum Gasteiger partial charge on any atom is -0.468 e. The average molecular weight is 402 g/mol. The number of aryl methyl sites for hydroxylation is 2. The van der Waals surface area contributed by atoms with Crippen molar-refractivity contribution in [3.8, 4) is 0 Å². The monoisotopic (exact) mass is 402 g/mol. The van der Waals surface area contributed by atoms with Crippen molar-refractivity contribution < 1.29 is 17.6 Å². The van der Waals surface area contributed by atoms with Gasteiger partial charge >= 0.3 is 0 Å². The molecule has 0 aliphatic rings. The van der Waals surface area contributed by atoms with Crippen molar-refractivity contribution in [3.05, 3.63) is 72.2 Å².